The van der Waals surface area contributed by atoms with Crippen LogP contribution in [0, 0.1) is 0 Å². The fraction of sp³-hybridized carbons (Fsp3) is 0.872. The van der Waals surface area contributed by atoms with Crippen molar-refractivity contribution in [3.05, 3.63) is 6.20 Å². The first-order valence-electron chi connectivity index (χ1n) is 24.0. The van der Waals surface area contributed by atoms with E-state index in [1.165, 1.54) is 4.67 Å². The molecule has 1 aromatic heterocycles. The molecule has 1 aromatic rings. The Hall–Kier alpha value is -2.79. The molecule has 6 aliphatic rings. The molecule has 13 unspecified atom stereocenters. The number of rotatable bonds is 15. The summed E-state index contributed by atoms with van der Waals surface area (Å²) in [6.45, 7) is 6.09. The Kier molecular flexibility index (Phi) is 20.2. The number of nitrogens with two attached hydrogens (primary N) is 2. The lowest BCUT2D eigenvalue weighted by molar-refractivity contribution is -0.783. The summed E-state index contributed by atoms with van der Waals surface area (Å²) in [5.41, 5.74) is 12.7. The molecule has 10 radical (unpaired) electrons. The van der Waals surface area contributed by atoms with E-state index in [2.05, 4.69) is 28.3 Å². The first-order valence-corrected chi connectivity index (χ1v) is 26.0. The molecule has 0 aromatic carbocycles. The van der Waals surface area contributed by atoms with Crippen LogP contribution < -0.4 is 31.7 Å². The van der Waals surface area contributed by atoms with Crippen molar-refractivity contribution in [3.8, 4) is 0 Å². The Morgan fingerprint density at radius 3 is 2.10 bits per heavy atom. The summed E-state index contributed by atoms with van der Waals surface area (Å²) >= 11 is 4.64. The van der Waals surface area contributed by atoms with Crippen LogP contribution in [0.3, 0.4) is 0 Å². The Labute approximate surface area is 429 Å². The van der Waals surface area contributed by atoms with Crippen molar-refractivity contribution < 1.29 is 47.3 Å². The molecule has 0 aliphatic carbocycles. The lowest BCUT2D eigenvalue weighted by atomic mass is 9.97. The Morgan fingerprint density at radius 1 is 0.817 bits per heavy atom. The van der Waals surface area contributed by atoms with E-state index in [4.69, 9.17) is 98.7 Å². The van der Waals surface area contributed by atoms with Crippen molar-refractivity contribution in [1.29, 1.82) is 0 Å². The van der Waals surface area contributed by atoms with Crippen molar-refractivity contribution in [1.82, 2.24) is 44.6 Å². The maximum Gasteiger partial charge on any atom is 0.345 e. The number of hydrogen-bond acceptors (Lipinski definition) is 16. The van der Waals surface area contributed by atoms with E-state index in [0.717, 1.165) is 0 Å². The summed E-state index contributed by atoms with van der Waals surface area (Å²) in [4.78, 5) is 23.4. The molecule has 6 fully saturated rings. The summed E-state index contributed by atoms with van der Waals surface area (Å²) in [7, 11) is 34.4. The van der Waals surface area contributed by atoms with Gasteiger partial charge in [0.25, 0.3) is 0 Å². The van der Waals surface area contributed by atoms with E-state index in [0.29, 0.717) is 102 Å². The molecule has 6 saturated heterocycles. The summed E-state index contributed by atoms with van der Waals surface area (Å²) in [5, 5.41) is 21.1. The number of aliphatic imine (C=N–C) groups is 3. The molecule has 71 heavy (non-hydrogen) atoms. The number of ether oxygens (including phenoxy) is 6. The zero-order valence-electron chi connectivity index (χ0n) is 41.2. The first kappa shape index (κ1) is 56.0. The van der Waals surface area contributed by atoms with Crippen molar-refractivity contribution in [2.24, 2.45) is 33.5 Å². The van der Waals surface area contributed by atoms with Gasteiger partial charge < -0.3 is 79.8 Å². The predicted molar refractivity (Wildman–Crippen MR) is 273 cm³/mol. The number of hydrogen-bond donors (Lipinski definition) is 6. The number of morpholine rings is 6. The number of anilines is 1. The predicted octanol–water partition coefficient (Wildman–Crippen LogP) is -6.68. The molecule has 7 N–H and O–H groups in total. The number of guanidine groups is 3. The quantitative estimate of drug-likeness (QED) is 0.0239. The zero-order chi connectivity index (χ0) is 51.0. The van der Waals surface area contributed by atoms with Crippen LogP contribution in [-0.4, -0.2) is 301 Å². The zero-order valence-corrected chi connectivity index (χ0v) is 43.0. The molecule has 0 amide bonds. The third kappa shape index (κ3) is 15.4. The van der Waals surface area contributed by atoms with E-state index in [9.17, 15) is 9.67 Å². The van der Waals surface area contributed by atoms with Gasteiger partial charge in [-0.2, -0.15) is 4.68 Å². The van der Waals surface area contributed by atoms with Gasteiger partial charge in [-0.15, -0.1) is 12.6 Å². The summed E-state index contributed by atoms with van der Waals surface area (Å²) < 4.78 is 61.2. The Morgan fingerprint density at radius 2 is 1.41 bits per heavy atom. The molecule has 0 saturated carbocycles. The van der Waals surface area contributed by atoms with E-state index in [1.807, 2.05) is 37.5 Å². The van der Waals surface area contributed by atoms with Gasteiger partial charge in [-0.3, -0.25) is 19.5 Å². The van der Waals surface area contributed by atoms with Crippen molar-refractivity contribution in [2.45, 2.75) is 78.6 Å². The second-order valence-electron chi connectivity index (χ2n) is 18.7. The van der Waals surface area contributed by atoms with E-state index >= 15 is 0 Å². The lowest BCUT2D eigenvalue weighted by Gasteiger charge is -2.42. The van der Waals surface area contributed by atoms with Gasteiger partial charge in [0.05, 0.1) is 88.6 Å². The van der Waals surface area contributed by atoms with Gasteiger partial charge in [0.15, 0.2) is 24.1 Å². The second kappa shape index (κ2) is 25.6. The minimum absolute atomic E-state index is 0.0217. The summed E-state index contributed by atoms with van der Waals surface area (Å²) in [6, 6.07) is -2.92. The van der Waals surface area contributed by atoms with Crippen LogP contribution in [-0.2, 0) is 51.1 Å². The van der Waals surface area contributed by atoms with Crippen LogP contribution in [0.2, 0.25) is 0 Å². The van der Waals surface area contributed by atoms with Gasteiger partial charge in [0.2, 0.25) is 0 Å². The molecule has 6 aliphatic heterocycles. The number of nitrogens with zero attached hydrogens (tertiary/aromatic N) is 12. The second-order valence-corrected chi connectivity index (χ2v) is 21.9. The van der Waals surface area contributed by atoms with Gasteiger partial charge in [0.1, 0.15) is 57.3 Å². The Bertz CT molecular complexity index is 2030. The fourth-order valence-electron chi connectivity index (χ4n) is 9.30. The van der Waals surface area contributed by atoms with E-state index in [-0.39, 0.29) is 69.8 Å². The number of aliphatic hydroxyl groups excluding tert-OH is 1. The molecule has 25 nitrogen and oxygen atoms in total. The van der Waals surface area contributed by atoms with Gasteiger partial charge in [-0.1, -0.05) is 0 Å². The van der Waals surface area contributed by atoms with Crippen LogP contribution in [0.4, 0.5) is 5.82 Å². The molecule has 0 bridgehead atoms. The van der Waals surface area contributed by atoms with Crippen LogP contribution in [0.25, 0.3) is 0 Å². The van der Waals surface area contributed by atoms with Crippen molar-refractivity contribution in [2.75, 3.05) is 137 Å². The van der Waals surface area contributed by atoms with Crippen molar-refractivity contribution >= 4 is 83.2 Å². The van der Waals surface area contributed by atoms with Gasteiger partial charge in [-0.25, -0.2) is 9.34 Å². The highest BCUT2D eigenvalue weighted by Crippen LogP contribution is 2.53. The SMILES string of the molecule is [B]C1CNCC(CNC(=NC)N2CC([B])OC(CN=C(N)N3CC(S)OC(CN=C(N)N4CC([B])OC(C[n+]5cc(N6CC([B])OC(COP(=O)(N(C)C)N7CC([B])OC(CO)C7)C6)nn5C)C4)C3)C2)O1. The highest BCUT2D eigenvalue weighted by Gasteiger charge is 2.42. The van der Waals surface area contributed by atoms with Crippen LogP contribution >= 0.6 is 20.3 Å². The number of nitrogens with one attached hydrogen (secondary N) is 2. The van der Waals surface area contributed by atoms with Gasteiger partial charge in [0, 0.05) is 103 Å². The molecular weight excluding hydrogens is 954 g/mol. The molecule has 384 valence electrons. The standard InChI is InChI=1S/C39H68B5N16O9PS/c1-47-39(51-6-24-5-48-9-30(40)64-24)58-11-25(65-33(43)18-58)7-49-38(46)57-10-26(69-36(71)21-57)8-50-37(45)56-12-27(66-32(42)17-56)14-59-20-35(52-54(59)4)55-13-29(68-31(41)16-55)23-63-70(62,53(2)3)60-15-28(22-61)67-34(44)19-60/h20,24-34,36,48,61H,5-19,21-23H2,1-4H3,(H5-,45,46,47,49,50,51,71)/p+1. The largest absolute Gasteiger partial charge is 0.394 e. The average Bonchev–Trinajstić information content (AvgIpc) is 3.69. The van der Waals surface area contributed by atoms with Crippen LogP contribution in [0.1, 0.15) is 0 Å². The topological polar surface area (TPSA) is 256 Å². The fourth-order valence-corrected chi connectivity index (χ4v) is 11.7. The third-order valence-electron chi connectivity index (χ3n) is 12.6. The number of thiol groups is 1. The Balaban J connectivity index is 0.893. The summed E-state index contributed by atoms with van der Waals surface area (Å²) in [6.07, 6.45) is -0.410. The highest BCUT2D eigenvalue weighted by molar-refractivity contribution is 7.80. The third-order valence-corrected chi connectivity index (χ3v) is 15.5. The molecular formula is C39H69B5N16O9PS+. The van der Waals surface area contributed by atoms with Gasteiger partial charge >= 0.3 is 13.5 Å². The molecule has 7 heterocycles. The van der Waals surface area contributed by atoms with Crippen molar-refractivity contribution in [3.63, 3.8) is 0 Å². The maximum absolute atomic E-state index is 14.2. The minimum atomic E-state index is -3.56. The maximum atomic E-state index is 14.2. The number of aromatic nitrogens is 3. The smallest absolute Gasteiger partial charge is 0.345 e. The summed E-state index contributed by atoms with van der Waals surface area (Å²) in [5.74, 6) is 1.96. The average molecular weight is 1020 g/mol. The number of aryl methyl sites for hydroxylation is 1. The van der Waals surface area contributed by atoms with Gasteiger partial charge in [-0.05, 0) is 18.9 Å². The minimum Gasteiger partial charge on any atom is -0.394 e. The van der Waals surface area contributed by atoms with Crippen LogP contribution in [0.5, 0.6) is 0 Å². The van der Waals surface area contributed by atoms with E-state index < -0.39 is 49.3 Å². The first-order chi connectivity index (χ1) is 33.9. The molecule has 13 atom stereocenters. The number of aliphatic hydroxyl groups is 1. The normalized spacial score (nSPS) is 34.2. The molecule has 0 spiro atoms. The molecule has 32 heteroatoms. The monoisotopic (exact) mass is 1020 g/mol. The van der Waals surface area contributed by atoms with E-state index in [1.54, 1.807) is 30.6 Å². The highest BCUT2D eigenvalue weighted by atomic mass is 32.1. The van der Waals surface area contributed by atoms with Crippen LogP contribution in [0.15, 0.2) is 21.2 Å². The molecule has 7 rings (SSSR count). The lowest BCUT2D eigenvalue weighted by Crippen LogP contribution is -2.58.